The van der Waals surface area contributed by atoms with Gasteiger partial charge in [0.25, 0.3) is 0 Å². The molecule has 1 aliphatic rings. The second kappa shape index (κ2) is 6.14. The van der Waals surface area contributed by atoms with Crippen molar-refractivity contribution in [3.05, 3.63) is 34.2 Å². The Kier molecular flexibility index (Phi) is 4.17. The molecule has 2 amide bonds. The Morgan fingerprint density at radius 2 is 1.54 bits per heavy atom. The van der Waals surface area contributed by atoms with Gasteiger partial charge in [0.1, 0.15) is 0 Å². The molecule has 0 N–H and O–H groups in total. The van der Waals surface area contributed by atoms with Gasteiger partial charge in [-0.3, -0.25) is 18.7 Å². The number of aryl methyl sites for hydroxylation is 2. The monoisotopic (exact) mass is 330 g/mol. The average Bonchev–Trinajstić information content (AvgIpc) is 2.79. The van der Waals surface area contributed by atoms with E-state index in [9.17, 15) is 14.4 Å². The van der Waals surface area contributed by atoms with Crippen LogP contribution < -0.4 is 5.69 Å². The van der Waals surface area contributed by atoms with Gasteiger partial charge in [-0.25, -0.2) is 4.79 Å². The van der Waals surface area contributed by atoms with E-state index in [4.69, 9.17) is 0 Å². The van der Waals surface area contributed by atoms with Gasteiger partial charge in [-0.05, 0) is 17.7 Å². The zero-order chi connectivity index (χ0) is 17.4. The van der Waals surface area contributed by atoms with Crippen LogP contribution in [0.4, 0.5) is 0 Å². The summed E-state index contributed by atoms with van der Waals surface area (Å²) >= 11 is 0. The quantitative estimate of drug-likeness (QED) is 0.785. The molecule has 2 heterocycles. The number of benzene rings is 1. The Balaban J connectivity index is 1.73. The van der Waals surface area contributed by atoms with Crippen molar-refractivity contribution in [2.24, 2.45) is 14.1 Å². The lowest BCUT2D eigenvalue weighted by molar-refractivity contribution is -0.138. The minimum Gasteiger partial charge on any atom is -0.339 e. The highest BCUT2D eigenvalue weighted by molar-refractivity contribution is 5.82. The minimum absolute atomic E-state index is 0.0533. The minimum atomic E-state index is -0.0752. The van der Waals surface area contributed by atoms with Gasteiger partial charge in [0, 0.05) is 47.2 Å². The van der Waals surface area contributed by atoms with Crippen molar-refractivity contribution >= 4 is 22.8 Å². The maximum Gasteiger partial charge on any atom is 0.328 e. The summed E-state index contributed by atoms with van der Waals surface area (Å²) in [4.78, 5) is 39.4. The smallest absolute Gasteiger partial charge is 0.328 e. The largest absolute Gasteiger partial charge is 0.339 e. The molecule has 0 aliphatic carbocycles. The van der Waals surface area contributed by atoms with Gasteiger partial charge in [0.2, 0.25) is 11.8 Å². The van der Waals surface area contributed by atoms with Crippen LogP contribution >= 0.6 is 0 Å². The summed E-state index contributed by atoms with van der Waals surface area (Å²) in [5.41, 5.74) is 2.50. The first-order valence-corrected chi connectivity index (χ1v) is 8.06. The molecule has 24 heavy (non-hydrogen) atoms. The summed E-state index contributed by atoms with van der Waals surface area (Å²) in [7, 11) is 3.47. The van der Waals surface area contributed by atoms with Crippen molar-refractivity contribution in [2.45, 2.75) is 13.3 Å². The van der Waals surface area contributed by atoms with Crippen molar-refractivity contribution in [1.82, 2.24) is 18.9 Å². The van der Waals surface area contributed by atoms with Crippen molar-refractivity contribution < 1.29 is 9.59 Å². The summed E-state index contributed by atoms with van der Waals surface area (Å²) in [6.07, 6.45) is 0.305. The van der Waals surface area contributed by atoms with E-state index in [1.807, 2.05) is 18.2 Å². The van der Waals surface area contributed by atoms with Gasteiger partial charge < -0.3 is 9.80 Å². The van der Waals surface area contributed by atoms with E-state index in [1.54, 1.807) is 40.0 Å². The topological polar surface area (TPSA) is 67.6 Å². The number of hydrogen-bond donors (Lipinski definition) is 0. The summed E-state index contributed by atoms with van der Waals surface area (Å²) in [5.74, 6) is 0.107. The highest BCUT2D eigenvalue weighted by Crippen LogP contribution is 2.15. The number of fused-ring (bicyclic) bond motifs is 1. The third-order valence-corrected chi connectivity index (χ3v) is 4.77. The first-order chi connectivity index (χ1) is 11.4. The number of amides is 2. The zero-order valence-corrected chi connectivity index (χ0v) is 14.3. The number of carbonyl (C=O) groups is 2. The summed E-state index contributed by atoms with van der Waals surface area (Å²) in [6.45, 7) is 3.88. The molecule has 0 bridgehead atoms. The standard InChI is InChI=1S/C17H22N4O3/c1-12(22)20-6-8-21(9-7-20)16(23)11-13-4-5-14-15(10-13)19(3)17(24)18(14)2/h4-5,10H,6-9,11H2,1-3H3. The fourth-order valence-corrected chi connectivity index (χ4v) is 3.22. The molecule has 0 radical (unpaired) electrons. The normalized spacial score (nSPS) is 15.1. The first kappa shape index (κ1) is 16.3. The van der Waals surface area contributed by atoms with E-state index in [1.165, 1.54) is 0 Å². The molecule has 1 aromatic heterocycles. The zero-order valence-electron chi connectivity index (χ0n) is 14.3. The highest BCUT2D eigenvalue weighted by atomic mass is 16.2. The molecule has 0 saturated carbocycles. The Morgan fingerprint density at radius 1 is 0.958 bits per heavy atom. The molecule has 1 aliphatic heterocycles. The van der Waals surface area contributed by atoms with Crippen molar-refractivity contribution in [1.29, 1.82) is 0 Å². The fraction of sp³-hybridized carbons (Fsp3) is 0.471. The third-order valence-electron chi connectivity index (χ3n) is 4.77. The molecule has 1 aromatic carbocycles. The van der Waals surface area contributed by atoms with Crippen LogP contribution in [-0.4, -0.2) is 56.9 Å². The van der Waals surface area contributed by atoms with Crippen LogP contribution in [0.15, 0.2) is 23.0 Å². The number of carbonyl (C=O) groups excluding carboxylic acids is 2. The van der Waals surface area contributed by atoms with Crippen LogP contribution in [0, 0.1) is 0 Å². The maximum absolute atomic E-state index is 12.5. The lowest BCUT2D eigenvalue weighted by Gasteiger charge is -2.34. The van der Waals surface area contributed by atoms with Crippen LogP contribution in [0.2, 0.25) is 0 Å². The SMILES string of the molecule is CC(=O)N1CCN(C(=O)Cc2ccc3c(c2)n(C)c(=O)n3C)CC1. The van der Waals surface area contributed by atoms with Gasteiger partial charge in [-0.1, -0.05) is 6.07 Å². The molecular weight excluding hydrogens is 308 g/mol. The maximum atomic E-state index is 12.5. The van der Waals surface area contributed by atoms with E-state index >= 15 is 0 Å². The summed E-state index contributed by atoms with van der Waals surface area (Å²) in [6, 6.07) is 5.68. The molecule has 7 nitrogen and oxygen atoms in total. The predicted molar refractivity (Wildman–Crippen MR) is 90.7 cm³/mol. The second-order valence-electron chi connectivity index (χ2n) is 6.29. The number of aromatic nitrogens is 2. The van der Waals surface area contributed by atoms with Gasteiger partial charge in [-0.2, -0.15) is 0 Å². The molecule has 3 rings (SSSR count). The number of nitrogens with zero attached hydrogens (tertiary/aromatic N) is 4. The molecule has 128 valence electrons. The molecule has 7 heteroatoms. The molecule has 0 atom stereocenters. The van der Waals surface area contributed by atoms with E-state index in [0.29, 0.717) is 32.6 Å². The predicted octanol–water partition coefficient (Wildman–Crippen LogP) is 0.110. The molecule has 2 aromatic rings. The second-order valence-corrected chi connectivity index (χ2v) is 6.29. The van der Waals surface area contributed by atoms with Crippen molar-refractivity contribution in [3.8, 4) is 0 Å². The number of rotatable bonds is 2. The Bertz CT molecular complexity index is 857. The van der Waals surface area contributed by atoms with Crippen LogP contribution in [0.5, 0.6) is 0 Å². The molecule has 1 fully saturated rings. The van der Waals surface area contributed by atoms with E-state index in [2.05, 4.69) is 0 Å². The first-order valence-electron chi connectivity index (χ1n) is 8.06. The number of piperazine rings is 1. The van der Waals surface area contributed by atoms with Crippen LogP contribution in [-0.2, 0) is 30.1 Å². The lowest BCUT2D eigenvalue weighted by Crippen LogP contribution is -2.50. The number of imidazole rings is 1. The van der Waals surface area contributed by atoms with Crippen LogP contribution in [0.3, 0.4) is 0 Å². The summed E-state index contributed by atoms with van der Waals surface area (Å²) in [5, 5.41) is 0. The van der Waals surface area contributed by atoms with Gasteiger partial charge in [0.05, 0.1) is 17.5 Å². The third kappa shape index (κ3) is 2.81. The van der Waals surface area contributed by atoms with Crippen LogP contribution in [0.25, 0.3) is 11.0 Å². The molecule has 0 unspecified atom stereocenters. The van der Waals surface area contributed by atoms with Gasteiger partial charge in [0.15, 0.2) is 0 Å². The molecule has 0 spiro atoms. The number of hydrogen-bond acceptors (Lipinski definition) is 3. The van der Waals surface area contributed by atoms with Gasteiger partial charge in [-0.15, -0.1) is 0 Å². The average molecular weight is 330 g/mol. The van der Waals surface area contributed by atoms with Crippen LogP contribution in [0.1, 0.15) is 12.5 Å². The molecular formula is C17H22N4O3. The van der Waals surface area contributed by atoms with Crippen molar-refractivity contribution in [2.75, 3.05) is 26.2 Å². The Hall–Kier alpha value is -2.57. The van der Waals surface area contributed by atoms with E-state index in [-0.39, 0.29) is 17.5 Å². The highest BCUT2D eigenvalue weighted by Gasteiger charge is 2.22. The van der Waals surface area contributed by atoms with E-state index < -0.39 is 0 Å². The Morgan fingerprint density at radius 3 is 2.17 bits per heavy atom. The van der Waals surface area contributed by atoms with E-state index in [0.717, 1.165) is 16.6 Å². The Labute approximate surface area is 140 Å². The lowest BCUT2D eigenvalue weighted by atomic mass is 10.1. The summed E-state index contributed by atoms with van der Waals surface area (Å²) < 4.78 is 3.19. The van der Waals surface area contributed by atoms with Gasteiger partial charge >= 0.3 is 5.69 Å². The molecule has 1 saturated heterocycles. The van der Waals surface area contributed by atoms with Crippen molar-refractivity contribution in [3.63, 3.8) is 0 Å². The fourth-order valence-electron chi connectivity index (χ4n) is 3.22.